The van der Waals surface area contributed by atoms with Gasteiger partial charge < -0.3 is 19.9 Å². The van der Waals surface area contributed by atoms with Crippen LogP contribution in [0.2, 0.25) is 0 Å². The largest absolute Gasteiger partial charge is 0.476 e. The fourth-order valence-corrected chi connectivity index (χ4v) is 1.85. The summed E-state index contributed by atoms with van der Waals surface area (Å²) in [5.41, 5.74) is -0.0118. The molecule has 0 saturated carbocycles. The Hall–Kier alpha value is -1.51. The monoisotopic (exact) mass is 288 g/mol. The van der Waals surface area contributed by atoms with Crippen molar-refractivity contribution in [2.24, 2.45) is 0 Å². The van der Waals surface area contributed by atoms with Crippen molar-refractivity contribution in [1.29, 1.82) is 0 Å². The molecule has 0 unspecified atom stereocenters. The van der Waals surface area contributed by atoms with Gasteiger partial charge in [-0.1, -0.05) is 0 Å². The molecular formula is C11H16N2O5S. The number of carbonyl (C=O) groups is 2. The second-order valence-electron chi connectivity index (χ2n) is 3.46. The smallest absolute Gasteiger partial charge is 0.355 e. The van der Waals surface area contributed by atoms with Crippen LogP contribution in [0.25, 0.3) is 0 Å². The van der Waals surface area contributed by atoms with Gasteiger partial charge in [-0.25, -0.2) is 9.78 Å². The van der Waals surface area contributed by atoms with Crippen molar-refractivity contribution in [2.75, 3.05) is 26.4 Å². The number of carboxylic acids is 1. The molecule has 2 N–H and O–H groups in total. The molecule has 1 aromatic rings. The summed E-state index contributed by atoms with van der Waals surface area (Å²) in [5.74, 6) is -1.35. The van der Waals surface area contributed by atoms with Crippen molar-refractivity contribution in [1.82, 2.24) is 10.3 Å². The van der Waals surface area contributed by atoms with E-state index in [4.69, 9.17) is 14.6 Å². The van der Waals surface area contributed by atoms with Crippen molar-refractivity contribution in [2.45, 2.75) is 13.5 Å². The van der Waals surface area contributed by atoms with Crippen molar-refractivity contribution in [3.63, 3.8) is 0 Å². The number of nitrogens with one attached hydrogen (secondary N) is 1. The highest BCUT2D eigenvalue weighted by molar-refractivity contribution is 7.09. The van der Waals surface area contributed by atoms with Gasteiger partial charge in [-0.05, 0) is 6.92 Å². The van der Waals surface area contributed by atoms with E-state index in [2.05, 4.69) is 10.3 Å². The van der Waals surface area contributed by atoms with E-state index in [0.29, 0.717) is 24.8 Å². The fraction of sp³-hybridized carbons (Fsp3) is 0.545. The van der Waals surface area contributed by atoms with E-state index in [1.807, 2.05) is 6.92 Å². The number of ether oxygens (including phenoxy) is 2. The van der Waals surface area contributed by atoms with E-state index in [0.717, 1.165) is 0 Å². The molecule has 0 aliphatic rings. The zero-order chi connectivity index (χ0) is 14.1. The Labute approximate surface area is 114 Å². The van der Waals surface area contributed by atoms with Crippen LogP contribution in [0.15, 0.2) is 5.38 Å². The van der Waals surface area contributed by atoms with Crippen LogP contribution in [0, 0.1) is 0 Å². The number of carboxylic acid groups (broad SMARTS) is 1. The molecule has 0 saturated heterocycles. The van der Waals surface area contributed by atoms with Crippen LogP contribution in [0.4, 0.5) is 0 Å². The lowest BCUT2D eigenvalue weighted by Gasteiger charge is -2.04. The SMILES string of the molecule is CCOCCOCC(=O)NCc1nc(C(=O)O)cs1. The highest BCUT2D eigenvalue weighted by atomic mass is 32.1. The van der Waals surface area contributed by atoms with Gasteiger partial charge in [0, 0.05) is 12.0 Å². The average Bonchev–Trinajstić information content (AvgIpc) is 2.85. The van der Waals surface area contributed by atoms with Gasteiger partial charge in [0.2, 0.25) is 5.91 Å². The van der Waals surface area contributed by atoms with E-state index in [1.54, 1.807) is 0 Å². The minimum Gasteiger partial charge on any atom is -0.476 e. The molecule has 0 radical (unpaired) electrons. The van der Waals surface area contributed by atoms with Crippen molar-refractivity contribution < 1.29 is 24.2 Å². The summed E-state index contributed by atoms with van der Waals surface area (Å²) < 4.78 is 10.1. The third-order valence-corrected chi connectivity index (χ3v) is 2.87. The molecule has 0 aromatic carbocycles. The Bertz CT molecular complexity index is 421. The zero-order valence-corrected chi connectivity index (χ0v) is 11.4. The zero-order valence-electron chi connectivity index (χ0n) is 10.5. The van der Waals surface area contributed by atoms with Gasteiger partial charge in [0.1, 0.15) is 11.6 Å². The lowest BCUT2D eigenvalue weighted by Crippen LogP contribution is -2.27. The first kappa shape index (κ1) is 15.5. The number of nitrogens with zero attached hydrogens (tertiary/aromatic N) is 1. The fourth-order valence-electron chi connectivity index (χ4n) is 1.14. The number of amides is 1. The molecule has 0 fully saturated rings. The summed E-state index contributed by atoms with van der Waals surface area (Å²) in [6.45, 7) is 3.47. The van der Waals surface area contributed by atoms with E-state index < -0.39 is 5.97 Å². The molecule has 7 nitrogen and oxygen atoms in total. The predicted octanol–water partition coefficient (Wildman–Crippen LogP) is 0.511. The summed E-state index contributed by atoms with van der Waals surface area (Å²) in [6.07, 6.45) is 0. The Morgan fingerprint density at radius 3 is 2.79 bits per heavy atom. The second kappa shape index (κ2) is 8.57. The minimum absolute atomic E-state index is 0.0118. The molecule has 19 heavy (non-hydrogen) atoms. The summed E-state index contributed by atoms with van der Waals surface area (Å²) in [4.78, 5) is 25.8. The van der Waals surface area contributed by atoms with Gasteiger partial charge in [-0.2, -0.15) is 0 Å². The lowest BCUT2D eigenvalue weighted by atomic mass is 10.5. The number of carbonyl (C=O) groups excluding carboxylic acids is 1. The first-order chi connectivity index (χ1) is 9.13. The van der Waals surface area contributed by atoms with Gasteiger partial charge >= 0.3 is 5.97 Å². The summed E-state index contributed by atoms with van der Waals surface area (Å²) in [5, 5.41) is 13.3. The highest BCUT2D eigenvalue weighted by Crippen LogP contribution is 2.09. The third-order valence-electron chi connectivity index (χ3n) is 2.02. The molecule has 1 amide bonds. The quantitative estimate of drug-likeness (QED) is 0.643. The molecule has 1 rings (SSSR count). The predicted molar refractivity (Wildman–Crippen MR) is 68.2 cm³/mol. The van der Waals surface area contributed by atoms with Gasteiger partial charge in [0.25, 0.3) is 0 Å². The van der Waals surface area contributed by atoms with Crippen molar-refractivity contribution in [3.05, 3.63) is 16.1 Å². The lowest BCUT2D eigenvalue weighted by molar-refractivity contribution is -0.126. The first-order valence-corrected chi connectivity index (χ1v) is 6.61. The number of hydrogen-bond acceptors (Lipinski definition) is 6. The summed E-state index contributed by atoms with van der Waals surface area (Å²) in [6, 6.07) is 0. The molecule has 1 aromatic heterocycles. The van der Waals surface area contributed by atoms with Crippen molar-refractivity contribution in [3.8, 4) is 0 Å². The normalized spacial score (nSPS) is 10.4. The molecule has 106 valence electrons. The van der Waals surface area contributed by atoms with E-state index in [9.17, 15) is 9.59 Å². The number of aromatic nitrogens is 1. The molecule has 0 spiro atoms. The van der Waals surface area contributed by atoms with Crippen LogP contribution < -0.4 is 5.32 Å². The number of rotatable bonds is 9. The Balaban J connectivity index is 2.17. The van der Waals surface area contributed by atoms with Crippen LogP contribution in [0.1, 0.15) is 22.4 Å². The Morgan fingerprint density at radius 2 is 2.16 bits per heavy atom. The van der Waals surface area contributed by atoms with Crippen molar-refractivity contribution >= 4 is 23.2 Å². The van der Waals surface area contributed by atoms with Gasteiger partial charge in [0.05, 0.1) is 19.8 Å². The average molecular weight is 288 g/mol. The minimum atomic E-state index is -1.08. The maximum absolute atomic E-state index is 11.4. The Morgan fingerprint density at radius 1 is 1.42 bits per heavy atom. The molecule has 1 heterocycles. The standard InChI is InChI=1S/C11H16N2O5S/c1-2-17-3-4-18-6-9(14)12-5-10-13-8(7-19-10)11(15)16/h7H,2-6H2,1H3,(H,12,14)(H,15,16). The summed E-state index contributed by atoms with van der Waals surface area (Å²) >= 11 is 1.19. The first-order valence-electron chi connectivity index (χ1n) is 5.73. The third kappa shape index (κ3) is 6.27. The Kier molecular flexibility index (Phi) is 7.01. The molecule has 0 aliphatic carbocycles. The van der Waals surface area contributed by atoms with Gasteiger partial charge in [0.15, 0.2) is 5.69 Å². The maximum atomic E-state index is 11.4. The van der Waals surface area contributed by atoms with Crippen LogP contribution in [0.3, 0.4) is 0 Å². The molecule has 0 aliphatic heterocycles. The second-order valence-corrected chi connectivity index (χ2v) is 4.40. The number of thiazole rings is 1. The van der Waals surface area contributed by atoms with E-state index >= 15 is 0 Å². The van der Waals surface area contributed by atoms with Gasteiger partial charge in [-0.15, -0.1) is 11.3 Å². The molecule has 0 atom stereocenters. The molecular weight excluding hydrogens is 272 g/mol. The molecule has 8 heteroatoms. The van der Waals surface area contributed by atoms with E-state index in [-0.39, 0.29) is 24.8 Å². The molecule has 0 bridgehead atoms. The number of aromatic carboxylic acids is 1. The van der Waals surface area contributed by atoms with Crippen LogP contribution in [0.5, 0.6) is 0 Å². The summed E-state index contributed by atoms with van der Waals surface area (Å²) in [7, 11) is 0. The number of hydrogen-bond donors (Lipinski definition) is 2. The van der Waals surface area contributed by atoms with Crippen LogP contribution in [-0.4, -0.2) is 48.4 Å². The maximum Gasteiger partial charge on any atom is 0.355 e. The van der Waals surface area contributed by atoms with E-state index in [1.165, 1.54) is 16.7 Å². The van der Waals surface area contributed by atoms with Crippen LogP contribution >= 0.6 is 11.3 Å². The van der Waals surface area contributed by atoms with Crippen LogP contribution in [-0.2, 0) is 20.8 Å². The van der Waals surface area contributed by atoms with Gasteiger partial charge in [-0.3, -0.25) is 4.79 Å². The highest BCUT2D eigenvalue weighted by Gasteiger charge is 2.09. The topological polar surface area (TPSA) is 97.8 Å².